The number of nitrogens with zero attached hydrogens (tertiary/aromatic N) is 1. The fraction of sp³-hybridized carbons (Fsp3) is 0.375. The Labute approximate surface area is 123 Å². The van der Waals surface area contributed by atoms with Gasteiger partial charge in [0.1, 0.15) is 0 Å². The van der Waals surface area contributed by atoms with E-state index >= 15 is 0 Å². The fourth-order valence-corrected chi connectivity index (χ4v) is 2.31. The molecule has 1 aliphatic carbocycles. The van der Waals surface area contributed by atoms with Crippen molar-refractivity contribution in [2.24, 2.45) is 5.92 Å². The molecule has 0 unspecified atom stereocenters. The number of rotatable bonds is 5. The van der Waals surface area contributed by atoms with Crippen LogP contribution in [0.25, 0.3) is 0 Å². The van der Waals surface area contributed by atoms with E-state index in [0.717, 1.165) is 12.8 Å². The van der Waals surface area contributed by atoms with Crippen molar-refractivity contribution in [3.63, 3.8) is 0 Å². The number of carbonyl (C=O) groups is 2. The van der Waals surface area contributed by atoms with Crippen LogP contribution in [0.15, 0.2) is 30.0 Å². The van der Waals surface area contributed by atoms with Crippen LogP contribution in [0.4, 0.5) is 0 Å². The van der Waals surface area contributed by atoms with Crippen molar-refractivity contribution in [2.45, 2.75) is 12.8 Å². The highest BCUT2D eigenvalue weighted by atomic mass is 16.7. The summed E-state index contributed by atoms with van der Waals surface area (Å²) in [4.78, 5) is 26.8. The van der Waals surface area contributed by atoms with Crippen LogP contribution in [0.5, 0.6) is 11.5 Å². The first-order valence-electron chi connectivity index (χ1n) is 6.93. The Hall–Kier alpha value is -2.30. The molecular formula is C16H17NO4. The lowest BCUT2D eigenvalue weighted by Gasteiger charge is -2.11. The molecule has 5 heteroatoms. The second-order valence-electron chi connectivity index (χ2n) is 5.51. The summed E-state index contributed by atoms with van der Waals surface area (Å²) in [6.07, 6.45) is 3.32. The topological polar surface area (TPSA) is 55.8 Å². The summed E-state index contributed by atoms with van der Waals surface area (Å²) in [6.45, 7) is 0.100. The highest BCUT2D eigenvalue weighted by Crippen LogP contribution is 2.38. The zero-order chi connectivity index (χ0) is 15.0. The highest BCUT2D eigenvalue weighted by molar-refractivity contribution is 6.28. The maximum Gasteiger partial charge on any atom is 0.231 e. The lowest BCUT2D eigenvalue weighted by atomic mass is 9.97. The zero-order valence-electron chi connectivity index (χ0n) is 12.1. The molecule has 0 N–H and O–H groups in total. The lowest BCUT2D eigenvalue weighted by molar-refractivity contribution is -0.116. The molecule has 0 aromatic heterocycles. The van der Waals surface area contributed by atoms with Gasteiger partial charge < -0.3 is 14.4 Å². The van der Waals surface area contributed by atoms with Crippen LogP contribution in [0, 0.1) is 5.92 Å². The van der Waals surface area contributed by atoms with E-state index in [1.54, 1.807) is 43.4 Å². The summed E-state index contributed by atoms with van der Waals surface area (Å²) < 4.78 is 10.6. The van der Waals surface area contributed by atoms with Crippen LogP contribution in [-0.2, 0) is 4.79 Å². The monoisotopic (exact) mass is 287 g/mol. The smallest absolute Gasteiger partial charge is 0.231 e. The number of allylic oxidation sites excluding steroid dienone is 1. The predicted octanol–water partition coefficient (Wildman–Crippen LogP) is 2.02. The molecule has 5 nitrogen and oxygen atoms in total. The average Bonchev–Trinajstić information content (AvgIpc) is 3.20. The minimum absolute atomic E-state index is 0.00548. The second kappa shape index (κ2) is 5.24. The quantitative estimate of drug-likeness (QED) is 0.359. The molecule has 21 heavy (non-hydrogen) atoms. The Balaban J connectivity index is 1.98. The molecule has 3 rings (SSSR count). The van der Waals surface area contributed by atoms with E-state index in [9.17, 15) is 9.59 Å². The van der Waals surface area contributed by atoms with E-state index in [1.165, 1.54) is 0 Å². The third kappa shape index (κ3) is 2.63. The lowest BCUT2D eigenvalue weighted by Crippen LogP contribution is -2.19. The van der Waals surface area contributed by atoms with Gasteiger partial charge in [0.2, 0.25) is 12.6 Å². The molecule has 0 spiro atoms. The van der Waals surface area contributed by atoms with Gasteiger partial charge in [-0.2, -0.15) is 0 Å². The number of hydrogen-bond donors (Lipinski definition) is 0. The van der Waals surface area contributed by atoms with Crippen molar-refractivity contribution >= 4 is 11.6 Å². The zero-order valence-corrected chi connectivity index (χ0v) is 12.1. The molecule has 1 aliphatic heterocycles. The summed E-state index contributed by atoms with van der Waals surface area (Å²) in [7, 11) is 3.59. The molecule has 110 valence electrons. The molecule has 1 saturated carbocycles. The molecule has 0 saturated heterocycles. The van der Waals surface area contributed by atoms with Gasteiger partial charge in [-0.05, 0) is 25.0 Å². The molecule has 1 heterocycles. The van der Waals surface area contributed by atoms with Gasteiger partial charge in [-0.25, -0.2) is 0 Å². The number of ketones is 2. The molecule has 0 atom stereocenters. The summed E-state index contributed by atoms with van der Waals surface area (Å²) in [5.41, 5.74) is 0.596. The van der Waals surface area contributed by atoms with Crippen LogP contribution < -0.4 is 9.47 Å². The van der Waals surface area contributed by atoms with E-state index in [4.69, 9.17) is 9.47 Å². The number of Topliss-reactive ketones (excluding diaryl/α,β-unsaturated/α-hetero) is 2. The van der Waals surface area contributed by atoms with Gasteiger partial charge >= 0.3 is 0 Å². The Kier molecular flexibility index (Phi) is 3.41. The highest BCUT2D eigenvalue weighted by Gasteiger charge is 2.36. The van der Waals surface area contributed by atoms with Gasteiger partial charge in [0.05, 0.1) is 11.1 Å². The van der Waals surface area contributed by atoms with Gasteiger partial charge in [-0.1, -0.05) is 6.07 Å². The standard InChI is InChI=1S/C16H17NO4/c1-17(2)8-12(14(18)10-6-7-10)15(19)11-4-3-5-13-16(11)21-9-20-13/h3-5,8,10H,6-7,9H2,1-2H3/b12-8+. The van der Waals surface area contributed by atoms with Crippen molar-refractivity contribution in [2.75, 3.05) is 20.9 Å². The fourth-order valence-electron chi connectivity index (χ4n) is 2.31. The molecule has 0 bridgehead atoms. The van der Waals surface area contributed by atoms with Crippen LogP contribution in [0.2, 0.25) is 0 Å². The average molecular weight is 287 g/mol. The number of benzene rings is 1. The summed E-state index contributed by atoms with van der Waals surface area (Å²) in [5.74, 6) is 0.585. The van der Waals surface area contributed by atoms with Crippen molar-refractivity contribution < 1.29 is 19.1 Å². The summed E-state index contributed by atoms with van der Waals surface area (Å²) >= 11 is 0. The summed E-state index contributed by atoms with van der Waals surface area (Å²) in [5, 5.41) is 0. The van der Waals surface area contributed by atoms with E-state index in [2.05, 4.69) is 0 Å². The van der Waals surface area contributed by atoms with Gasteiger partial charge in [-0.3, -0.25) is 9.59 Å². The number of fused-ring (bicyclic) bond motifs is 1. The van der Waals surface area contributed by atoms with Crippen LogP contribution in [-0.4, -0.2) is 37.4 Å². The van der Waals surface area contributed by atoms with Gasteiger partial charge in [0.15, 0.2) is 17.3 Å². The number of carbonyl (C=O) groups excluding carboxylic acids is 2. The molecule has 1 fully saturated rings. The molecule has 0 amide bonds. The van der Waals surface area contributed by atoms with Crippen molar-refractivity contribution in [3.05, 3.63) is 35.5 Å². The maximum absolute atomic E-state index is 12.8. The largest absolute Gasteiger partial charge is 0.454 e. The predicted molar refractivity (Wildman–Crippen MR) is 76.4 cm³/mol. The second-order valence-corrected chi connectivity index (χ2v) is 5.51. The first-order chi connectivity index (χ1) is 10.1. The summed E-state index contributed by atoms with van der Waals surface area (Å²) in [6, 6.07) is 5.15. The molecule has 2 aliphatic rings. The van der Waals surface area contributed by atoms with Crippen molar-refractivity contribution in [1.29, 1.82) is 0 Å². The van der Waals surface area contributed by atoms with Gasteiger partial charge in [-0.15, -0.1) is 0 Å². The Morgan fingerprint density at radius 3 is 2.67 bits per heavy atom. The maximum atomic E-state index is 12.8. The van der Waals surface area contributed by atoms with E-state index in [-0.39, 0.29) is 29.9 Å². The minimum Gasteiger partial charge on any atom is -0.454 e. The minimum atomic E-state index is -0.303. The molecule has 1 aromatic carbocycles. The normalized spacial score (nSPS) is 16.8. The molecular weight excluding hydrogens is 270 g/mol. The third-order valence-corrected chi connectivity index (χ3v) is 3.49. The van der Waals surface area contributed by atoms with E-state index in [0.29, 0.717) is 17.1 Å². The van der Waals surface area contributed by atoms with Gasteiger partial charge in [0, 0.05) is 26.2 Å². The molecule has 0 radical (unpaired) electrons. The Bertz CT molecular complexity index is 629. The Morgan fingerprint density at radius 2 is 2.00 bits per heavy atom. The number of para-hydroxylation sites is 1. The number of ether oxygens (including phenoxy) is 2. The van der Waals surface area contributed by atoms with Crippen LogP contribution >= 0.6 is 0 Å². The van der Waals surface area contributed by atoms with Gasteiger partial charge in [0.25, 0.3) is 0 Å². The van der Waals surface area contributed by atoms with E-state index < -0.39 is 0 Å². The third-order valence-electron chi connectivity index (χ3n) is 3.49. The Morgan fingerprint density at radius 1 is 1.24 bits per heavy atom. The van der Waals surface area contributed by atoms with Crippen molar-refractivity contribution in [3.8, 4) is 11.5 Å². The first-order valence-corrected chi connectivity index (χ1v) is 6.93. The first kappa shape index (κ1) is 13.7. The van der Waals surface area contributed by atoms with Crippen LogP contribution in [0.3, 0.4) is 0 Å². The molecule has 1 aromatic rings. The van der Waals surface area contributed by atoms with E-state index in [1.807, 2.05) is 0 Å². The number of hydrogen-bond acceptors (Lipinski definition) is 5. The van der Waals surface area contributed by atoms with Crippen molar-refractivity contribution in [1.82, 2.24) is 4.90 Å². The van der Waals surface area contributed by atoms with Crippen LogP contribution in [0.1, 0.15) is 23.2 Å². The SMILES string of the molecule is CN(C)/C=C(/C(=O)c1cccc2c1OCO2)C(=O)C1CC1.